The molecule has 6 nitrogen and oxygen atoms in total. The lowest BCUT2D eigenvalue weighted by Crippen LogP contribution is -2.55. The van der Waals surface area contributed by atoms with Crippen molar-refractivity contribution in [3.05, 3.63) is 47.8 Å². The molecule has 1 aromatic heterocycles. The van der Waals surface area contributed by atoms with E-state index in [1.54, 1.807) is 6.20 Å². The van der Waals surface area contributed by atoms with Crippen molar-refractivity contribution in [2.45, 2.75) is 44.1 Å². The second kappa shape index (κ2) is 6.26. The Kier molecular flexibility index (Phi) is 4.07. The molecule has 1 amide bonds. The summed E-state index contributed by atoms with van der Waals surface area (Å²) in [6, 6.07) is 10.2. The first-order valence-corrected chi connectivity index (χ1v) is 9.03. The molecule has 2 N–H and O–H groups in total. The number of carbonyl (C=O) groups is 1. The molecule has 2 fully saturated rings. The number of H-pyrrole nitrogens is 1. The van der Waals surface area contributed by atoms with Crippen LogP contribution in [0.1, 0.15) is 43.4 Å². The van der Waals surface area contributed by atoms with Crippen LogP contribution in [0.4, 0.5) is 0 Å². The molecule has 1 saturated carbocycles. The summed E-state index contributed by atoms with van der Waals surface area (Å²) in [6.07, 6.45) is 6.67. The van der Waals surface area contributed by atoms with E-state index in [0.717, 1.165) is 32.1 Å². The van der Waals surface area contributed by atoms with Crippen molar-refractivity contribution in [1.29, 1.82) is 0 Å². The molecule has 2 heterocycles. The van der Waals surface area contributed by atoms with E-state index in [2.05, 4.69) is 27.5 Å². The highest BCUT2D eigenvalue weighted by atomic mass is 16.3. The van der Waals surface area contributed by atoms with Gasteiger partial charge in [-0.2, -0.15) is 15.4 Å². The fraction of sp³-hybridized carbons (Fsp3) is 0.526. The number of nitrogens with one attached hydrogen (secondary N) is 1. The number of benzene rings is 1. The van der Waals surface area contributed by atoms with E-state index in [1.807, 2.05) is 23.1 Å². The van der Waals surface area contributed by atoms with Crippen LogP contribution in [0.25, 0.3) is 0 Å². The highest BCUT2D eigenvalue weighted by Crippen LogP contribution is 2.46. The zero-order valence-corrected chi connectivity index (χ0v) is 14.3. The number of rotatable bonds is 4. The Morgan fingerprint density at radius 1 is 1.20 bits per heavy atom. The molecule has 0 radical (unpaired) electrons. The first-order chi connectivity index (χ1) is 12.1. The molecule has 1 aromatic carbocycles. The second-order valence-electron chi connectivity index (χ2n) is 7.51. The lowest BCUT2D eigenvalue weighted by Gasteiger charge is -2.47. The predicted molar refractivity (Wildman–Crippen MR) is 92.5 cm³/mol. The molecule has 1 aliphatic heterocycles. The standard InChI is InChI=1S/C19H24N4O2/c24-17(18(8-4-9-18)12-15-6-2-1-3-7-15)23-11-5-10-19(25,14-23)16-13-20-22-21-16/h1-3,6-7,13,25H,4-5,8-12,14H2,(H,20,21,22)/t19-/m1/s1. The number of amides is 1. The van der Waals surface area contributed by atoms with Crippen molar-refractivity contribution < 1.29 is 9.90 Å². The normalized spacial score (nSPS) is 25.4. The number of likely N-dealkylation sites (tertiary alicyclic amines) is 1. The molecule has 6 heteroatoms. The molecule has 1 aliphatic carbocycles. The van der Waals surface area contributed by atoms with Crippen molar-refractivity contribution in [3.8, 4) is 0 Å². The molecule has 4 rings (SSSR count). The molecular weight excluding hydrogens is 316 g/mol. The van der Waals surface area contributed by atoms with Gasteiger partial charge in [-0.15, -0.1) is 0 Å². The van der Waals surface area contributed by atoms with E-state index in [-0.39, 0.29) is 11.3 Å². The van der Waals surface area contributed by atoms with E-state index in [9.17, 15) is 9.90 Å². The smallest absolute Gasteiger partial charge is 0.229 e. The van der Waals surface area contributed by atoms with Crippen LogP contribution in [-0.4, -0.2) is 44.4 Å². The van der Waals surface area contributed by atoms with Crippen LogP contribution in [0.15, 0.2) is 36.5 Å². The van der Waals surface area contributed by atoms with Gasteiger partial charge in [0, 0.05) is 6.54 Å². The third-order valence-electron chi connectivity index (χ3n) is 5.80. The van der Waals surface area contributed by atoms with Crippen molar-refractivity contribution >= 4 is 5.91 Å². The summed E-state index contributed by atoms with van der Waals surface area (Å²) in [7, 11) is 0. The van der Waals surface area contributed by atoms with Gasteiger partial charge in [0.2, 0.25) is 5.91 Å². The van der Waals surface area contributed by atoms with E-state index in [4.69, 9.17) is 0 Å². The lowest BCUT2D eigenvalue weighted by atomic mass is 9.64. The van der Waals surface area contributed by atoms with Crippen molar-refractivity contribution in [1.82, 2.24) is 20.3 Å². The maximum atomic E-state index is 13.3. The summed E-state index contributed by atoms with van der Waals surface area (Å²) in [5.41, 5.74) is 0.331. The van der Waals surface area contributed by atoms with Gasteiger partial charge in [-0.1, -0.05) is 36.8 Å². The molecule has 25 heavy (non-hydrogen) atoms. The molecule has 0 spiro atoms. The highest BCUT2D eigenvalue weighted by Gasteiger charge is 2.49. The summed E-state index contributed by atoms with van der Waals surface area (Å²) in [5.74, 6) is 0.184. The Balaban J connectivity index is 1.53. The van der Waals surface area contributed by atoms with Gasteiger partial charge < -0.3 is 10.0 Å². The minimum atomic E-state index is -1.10. The third kappa shape index (κ3) is 2.95. The van der Waals surface area contributed by atoms with E-state index in [0.29, 0.717) is 25.2 Å². The van der Waals surface area contributed by atoms with Crippen molar-refractivity contribution in [2.24, 2.45) is 5.41 Å². The van der Waals surface area contributed by atoms with Gasteiger partial charge in [0.05, 0.1) is 18.2 Å². The topological polar surface area (TPSA) is 82.1 Å². The Bertz CT molecular complexity index is 727. The lowest BCUT2D eigenvalue weighted by molar-refractivity contribution is -0.155. The molecule has 1 saturated heterocycles. The predicted octanol–water partition coefficient (Wildman–Crippen LogP) is 2.03. The van der Waals surface area contributed by atoms with Gasteiger partial charge in [0.1, 0.15) is 11.3 Å². The number of aromatic amines is 1. The molecule has 0 bridgehead atoms. The van der Waals surface area contributed by atoms with E-state index < -0.39 is 5.60 Å². The fourth-order valence-electron chi connectivity index (χ4n) is 4.24. The third-order valence-corrected chi connectivity index (χ3v) is 5.80. The number of hydrogen-bond acceptors (Lipinski definition) is 4. The van der Waals surface area contributed by atoms with Crippen LogP contribution in [-0.2, 0) is 16.8 Å². The average molecular weight is 340 g/mol. The summed E-state index contributed by atoms with van der Waals surface area (Å²) in [4.78, 5) is 15.2. The fourth-order valence-corrected chi connectivity index (χ4v) is 4.24. The molecule has 0 unspecified atom stereocenters. The first kappa shape index (κ1) is 16.3. The van der Waals surface area contributed by atoms with Gasteiger partial charge in [-0.25, -0.2) is 0 Å². The molecule has 2 aromatic rings. The minimum absolute atomic E-state index is 0.184. The summed E-state index contributed by atoms with van der Waals surface area (Å²) < 4.78 is 0. The van der Waals surface area contributed by atoms with Crippen LogP contribution in [0.2, 0.25) is 0 Å². The zero-order valence-electron chi connectivity index (χ0n) is 14.3. The first-order valence-electron chi connectivity index (χ1n) is 9.03. The van der Waals surface area contributed by atoms with Gasteiger partial charge >= 0.3 is 0 Å². The van der Waals surface area contributed by atoms with Gasteiger partial charge in [-0.3, -0.25) is 4.79 Å². The Labute approximate surface area is 147 Å². The van der Waals surface area contributed by atoms with Crippen LogP contribution < -0.4 is 0 Å². The quantitative estimate of drug-likeness (QED) is 0.892. The Hall–Kier alpha value is -2.21. The summed E-state index contributed by atoms with van der Waals surface area (Å²) in [5, 5.41) is 21.4. The number of hydrogen-bond donors (Lipinski definition) is 2. The minimum Gasteiger partial charge on any atom is -0.382 e. The number of nitrogens with zero attached hydrogens (tertiary/aromatic N) is 3. The van der Waals surface area contributed by atoms with Crippen molar-refractivity contribution in [2.75, 3.05) is 13.1 Å². The van der Waals surface area contributed by atoms with Gasteiger partial charge in [0.25, 0.3) is 0 Å². The molecule has 132 valence electrons. The summed E-state index contributed by atoms with van der Waals surface area (Å²) >= 11 is 0. The largest absolute Gasteiger partial charge is 0.382 e. The van der Waals surface area contributed by atoms with Crippen molar-refractivity contribution in [3.63, 3.8) is 0 Å². The maximum absolute atomic E-state index is 13.3. The number of β-amino-alcohol motifs (C(OH)–C–C–N with tert-alkyl or cyclic N) is 1. The van der Waals surface area contributed by atoms with Crippen LogP contribution in [0, 0.1) is 5.41 Å². The van der Waals surface area contributed by atoms with Gasteiger partial charge in [-0.05, 0) is 37.7 Å². The highest BCUT2D eigenvalue weighted by molar-refractivity contribution is 5.84. The monoisotopic (exact) mass is 340 g/mol. The SMILES string of the molecule is O=C(N1CCC[C@](O)(c2cn[nH]n2)C1)C1(Cc2ccccc2)CCC1. The number of carbonyl (C=O) groups excluding carboxylic acids is 1. The van der Waals surface area contributed by atoms with Crippen LogP contribution in [0.5, 0.6) is 0 Å². The number of piperidine rings is 1. The Morgan fingerprint density at radius 2 is 2.00 bits per heavy atom. The number of aromatic nitrogens is 3. The summed E-state index contributed by atoms with van der Waals surface area (Å²) in [6.45, 7) is 1.00. The molecule has 1 atom stereocenters. The Morgan fingerprint density at radius 3 is 2.64 bits per heavy atom. The van der Waals surface area contributed by atoms with Gasteiger partial charge in [0.15, 0.2) is 0 Å². The maximum Gasteiger partial charge on any atom is 0.229 e. The average Bonchev–Trinajstić information content (AvgIpc) is 3.14. The zero-order chi connectivity index (χ0) is 17.3. The van der Waals surface area contributed by atoms with E-state index >= 15 is 0 Å². The van der Waals surface area contributed by atoms with Crippen LogP contribution in [0.3, 0.4) is 0 Å². The molecule has 2 aliphatic rings. The molecular formula is C19H24N4O2. The van der Waals surface area contributed by atoms with Crippen LogP contribution >= 0.6 is 0 Å². The number of aliphatic hydroxyl groups is 1. The second-order valence-corrected chi connectivity index (χ2v) is 7.51. The van der Waals surface area contributed by atoms with E-state index in [1.165, 1.54) is 5.56 Å².